The molecule has 1 fully saturated rings. The molecule has 33 heavy (non-hydrogen) atoms. The molecule has 1 aliphatic heterocycles. The van der Waals surface area contributed by atoms with E-state index in [0.29, 0.717) is 47.5 Å². The Morgan fingerprint density at radius 1 is 1.24 bits per heavy atom. The molecular weight excluding hydrogens is 471 g/mol. The summed E-state index contributed by atoms with van der Waals surface area (Å²) in [6.07, 6.45) is 0.769. The highest BCUT2D eigenvalue weighted by Crippen LogP contribution is 2.34. The lowest BCUT2D eigenvalue weighted by molar-refractivity contribution is -0.142. The number of carbonyl (C=O) groups excluding carboxylic acids is 1. The van der Waals surface area contributed by atoms with Gasteiger partial charge in [0.05, 0.1) is 5.02 Å². The van der Waals surface area contributed by atoms with Gasteiger partial charge in [0, 0.05) is 38.9 Å². The van der Waals surface area contributed by atoms with Gasteiger partial charge >= 0.3 is 5.97 Å². The van der Waals surface area contributed by atoms with Crippen molar-refractivity contribution in [3.05, 3.63) is 46.2 Å². The number of hydrogen-bond donors (Lipinski definition) is 0. The smallest absolute Gasteiger partial charge is 0.303 e. The Hall–Kier alpha value is -3.36. The van der Waals surface area contributed by atoms with Crippen molar-refractivity contribution in [3.63, 3.8) is 0 Å². The van der Waals surface area contributed by atoms with Gasteiger partial charge in [-0.2, -0.15) is 5.26 Å². The molecule has 2 aromatic heterocycles. The molecule has 0 saturated carbocycles. The molecule has 0 amide bonds. The van der Waals surface area contributed by atoms with Crippen LogP contribution in [0.3, 0.4) is 0 Å². The largest absolute Gasteiger partial charge is 0.471 e. The maximum absolute atomic E-state index is 13.6. The first kappa shape index (κ1) is 22.8. The highest BCUT2D eigenvalue weighted by Gasteiger charge is 2.38. The summed E-state index contributed by atoms with van der Waals surface area (Å²) >= 11 is 7.37. The molecule has 1 aliphatic rings. The predicted molar refractivity (Wildman–Crippen MR) is 118 cm³/mol. The number of esters is 1. The van der Waals surface area contributed by atoms with E-state index in [1.165, 1.54) is 36.5 Å². The molecule has 3 aromatic rings. The molecule has 0 spiro atoms. The van der Waals surface area contributed by atoms with Gasteiger partial charge in [-0.3, -0.25) is 4.79 Å². The van der Waals surface area contributed by atoms with Gasteiger partial charge in [0.15, 0.2) is 21.4 Å². The molecule has 4 rings (SSSR count). The van der Waals surface area contributed by atoms with E-state index in [1.807, 2.05) is 11.0 Å². The van der Waals surface area contributed by atoms with Crippen molar-refractivity contribution in [3.8, 4) is 22.5 Å². The maximum Gasteiger partial charge on any atom is 0.303 e. The zero-order chi connectivity index (χ0) is 23.4. The molecule has 0 radical (unpaired) electrons. The number of ether oxygens (including phenoxy) is 2. The van der Waals surface area contributed by atoms with Crippen LogP contribution in [0.2, 0.25) is 5.02 Å². The zero-order valence-electron chi connectivity index (χ0n) is 17.5. The van der Waals surface area contributed by atoms with Crippen LogP contribution >= 0.6 is 22.9 Å². The van der Waals surface area contributed by atoms with E-state index < -0.39 is 11.4 Å². The SMILES string of the molecule is CC(=O)OCc1nnc(-c2ccc(N3CCC(C#N)(Oc4cc(F)ccc4Cl)CC3)nn2)s1. The Kier molecular flexibility index (Phi) is 6.67. The molecule has 0 aliphatic carbocycles. The van der Waals surface area contributed by atoms with E-state index in [4.69, 9.17) is 21.1 Å². The van der Waals surface area contributed by atoms with Crippen molar-refractivity contribution in [2.75, 3.05) is 18.0 Å². The number of carbonyl (C=O) groups is 1. The molecule has 3 heterocycles. The van der Waals surface area contributed by atoms with Gasteiger partial charge in [0.2, 0.25) is 0 Å². The number of nitriles is 1. The third-order valence-corrected chi connectivity index (χ3v) is 6.26. The van der Waals surface area contributed by atoms with Crippen molar-refractivity contribution in [2.24, 2.45) is 0 Å². The van der Waals surface area contributed by atoms with Crippen molar-refractivity contribution >= 4 is 34.7 Å². The summed E-state index contributed by atoms with van der Waals surface area (Å²) in [5.41, 5.74) is -0.551. The summed E-state index contributed by atoms with van der Waals surface area (Å²) in [6, 6.07) is 9.65. The fourth-order valence-electron chi connectivity index (χ4n) is 3.29. The third kappa shape index (κ3) is 5.35. The van der Waals surface area contributed by atoms with Crippen molar-refractivity contribution < 1.29 is 18.7 Å². The van der Waals surface area contributed by atoms with E-state index in [-0.39, 0.29) is 23.3 Å². The lowest BCUT2D eigenvalue weighted by Gasteiger charge is -2.37. The number of benzene rings is 1. The van der Waals surface area contributed by atoms with Gasteiger partial charge in [-0.05, 0) is 24.3 Å². The molecule has 0 atom stereocenters. The Balaban J connectivity index is 1.40. The van der Waals surface area contributed by atoms with Gasteiger partial charge in [-0.25, -0.2) is 4.39 Å². The van der Waals surface area contributed by atoms with E-state index in [1.54, 1.807) is 6.07 Å². The summed E-state index contributed by atoms with van der Waals surface area (Å²) in [7, 11) is 0. The van der Waals surface area contributed by atoms with Gasteiger partial charge in [-0.15, -0.1) is 20.4 Å². The number of piperidine rings is 1. The standard InChI is InChI=1S/C21H18ClFN6O3S/c1-13(30)31-11-19-27-28-20(33-19)16-4-5-18(26-25-16)29-8-6-21(12-24,7-9-29)32-17-10-14(23)2-3-15(17)22/h2-5,10H,6-9,11H2,1H3. The molecule has 0 N–H and O–H groups in total. The second-order valence-electron chi connectivity index (χ2n) is 7.33. The van der Waals surface area contributed by atoms with Crippen molar-refractivity contribution in [2.45, 2.75) is 32.0 Å². The first-order chi connectivity index (χ1) is 15.9. The van der Waals surface area contributed by atoms with Crippen LogP contribution in [0.1, 0.15) is 24.8 Å². The van der Waals surface area contributed by atoms with Crippen LogP contribution in [0.5, 0.6) is 5.75 Å². The monoisotopic (exact) mass is 488 g/mol. The Labute approximate surface area is 197 Å². The van der Waals surface area contributed by atoms with Gasteiger partial charge in [0.25, 0.3) is 0 Å². The van der Waals surface area contributed by atoms with Crippen molar-refractivity contribution in [1.29, 1.82) is 5.26 Å². The molecule has 0 bridgehead atoms. The fraction of sp³-hybridized carbons (Fsp3) is 0.333. The highest BCUT2D eigenvalue weighted by molar-refractivity contribution is 7.14. The topological polar surface area (TPSA) is 114 Å². The molecule has 0 unspecified atom stereocenters. The number of anilines is 1. The Morgan fingerprint density at radius 2 is 2.03 bits per heavy atom. The number of rotatable bonds is 6. The zero-order valence-corrected chi connectivity index (χ0v) is 19.1. The molecule has 170 valence electrons. The minimum atomic E-state index is -1.10. The normalized spacial score (nSPS) is 15.0. The summed E-state index contributed by atoms with van der Waals surface area (Å²) < 4.78 is 24.3. The second-order valence-corrected chi connectivity index (χ2v) is 8.80. The molecule has 1 aromatic carbocycles. The molecule has 12 heteroatoms. The van der Waals surface area contributed by atoms with Crippen LogP contribution in [0.25, 0.3) is 10.7 Å². The van der Waals surface area contributed by atoms with Crippen LogP contribution < -0.4 is 9.64 Å². The summed E-state index contributed by atoms with van der Waals surface area (Å²) in [5, 5.41) is 27.7. The van der Waals surface area contributed by atoms with Crippen LogP contribution in [0, 0.1) is 17.1 Å². The quantitative estimate of drug-likeness (QED) is 0.478. The summed E-state index contributed by atoms with van der Waals surface area (Å²) in [4.78, 5) is 12.9. The number of aromatic nitrogens is 4. The van der Waals surface area contributed by atoms with Crippen LogP contribution in [-0.4, -0.2) is 45.1 Å². The predicted octanol–water partition coefficient (Wildman–Crippen LogP) is 3.79. The number of halogens is 2. The van der Waals surface area contributed by atoms with Crippen molar-refractivity contribution in [1.82, 2.24) is 20.4 Å². The van der Waals surface area contributed by atoms with E-state index in [0.717, 1.165) is 0 Å². The first-order valence-corrected chi connectivity index (χ1v) is 11.2. The van der Waals surface area contributed by atoms with Crippen LogP contribution in [0.15, 0.2) is 30.3 Å². The van der Waals surface area contributed by atoms with Crippen LogP contribution in [0.4, 0.5) is 10.2 Å². The Bertz CT molecular complexity index is 1190. The maximum atomic E-state index is 13.6. The van der Waals surface area contributed by atoms with E-state index in [2.05, 4.69) is 26.5 Å². The molecule has 9 nitrogen and oxygen atoms in total. The highest BCUT2D eigenvalue weighted by atomic mass is 35.5. The second kappa shape index (κ2) is 9.64. The average molecular weight is 489 g/mol. The minimum Gasteiger partial charge on any atom is -0.471 e. The third-order valence-electron chi connectivity index (χ3n) is 5.03. The lowest BCUT2D eigenvalue weighted by Crippen LogP contribution is -2.47. The average Bonchev–Trinajstić information content (AvgIpc) is 3.30. The van der Waals surface area contributed by atoms with Gasteiger partial charge in [-0.1, -0.05) is 22.9 Å². The number of nitrogens with zero attached hydrogens (tertiary/aromatic N) is 6. The molecule has 1 saturated heterocycles. The summed E-state index contributed by atoms with van der Waals surface area (Å²) in [6.45, 7) is 2.39. The van der Waals surface area contributed by atoms with E-state index in [9.17, 15) is 14.4 Å². The fourth-order valence-corrected chi connectivity index (χ4v) is 4.16. The summed E-state index contributed by atoms with van der Waals surface area (Å²) in [5.74, 6) is -0.0637. The van der Waals surface area contributed by atoms with Gasteiger partial charge in [0.1, 0.15) is 29.9 Å². The van der Waals surface area contributed by atoms with E-state index >= 15 is 0 Å². The lowest BCUT2D eigenvalue weighted by atomic mass is 9.92. The first-order valence-electron chi connectivity index (χ1n) is 9.97. The van der Waals surface area contributed by atoms with Gasteiger partial charge < -0.3 is 14.4 Å². The van der Waals surface area contributed by atoms with Crippen LogP contribution in [-0.2, 0) is 16.1 Å². The number of hydrogen-bond acceptors (Lipinski definition) is 10. The minimum absolute atomic E-state index is 0.0653. The molecular formula is C21H18ClFN6O3S. The Morgan fingerprint density at radius 3 is 2.70 bits per heavy atom.